The van der Waals surface area contributed by atoms with Crippen molar-refractivity contribution in [2.75, 3.05) is 59.4 Å². The van der Waals surface area contributed by atoms with Gasteiger partial charge in [-0.2, -0.15) is 8.42 Å². The van der Waals surface area contributed by atoms with E-state index in [2.05, 4.69) is 31.5 Å². The van der Waals surface area contributed by atoms with E-state index in [1.54, 1.807) is 0 Å². The van der Waals surface area contributed by atoms with Crippen molar-refractivity contribution in [1.29, 1.82) is 0 Å². The second-order valence-corrected chi connectivity index (χ2v) is 11.5. The fourth-order valence-corrected chi connectivity index (χ4v) is 6.68. The van der Waals surface area contributed by atoms with Crippen molar-refractivity contribution in [2.45, 2.75) is 39.5 Å². The van der Waals surface area contributed by atoms with Gasteiger partial charge in [-0.15, -0.1) is 4.40 Å². The Labute approximate surface area is 210 Å². The first-order chi connectivity index (χ1) is 16.8. The van der Waals surface area contributed by atoms with Crippen molar-refractivity contribution in [3.05, 3.63) is 41.0 Å². The van der Waals surface area contributed by atoms with Gasteiger partial charge in [0.1, 0.15) is 10.7 Å². The first-order valence-corrected chi connectivity index (χ1v) is 14.3. The van der Waals surface area contributed by atoms with Crippen LogP contribution in [0.3, 0.4) is 0 Å². The Kier molecular flexibility index (Phi) is 8.29. The maximum absolute atomic E-state index is 13.0. The van der Waals surface area contributed by atoms with Crippen molar-refractivity contribution in [1.82, 2.24) is 20.0 Å². The Hall–Kier alpha value is -2.23. The van der Waals surface area contributed by atoms with E-state index in [1.807, 2.05) is 38.1 Å². The standard InChI is InChI=1S/C26H39N5O3S/c1-4-23-24(21-8-6-20(2)7-9-21)35(33,34)28-25(23)31-14-10-22(11-15-31)26(32)27-12-5-13-30-18-16-29(3)17-19-30/h6-9,22H,4-5,10-19H2,1-3H3,(H,27,32). The van der Waals surface area contributed by atoms with Crippen LogP contribution in [0, 0.1) is 12.8 Å². The van der Waals surface area contributed by atoms with Gasteiger partial charge < -0.3 is 20.0 Å². The molecule has 192 valence electrons. The minimum absolute atomic E-state index is 0.0286. The Bertz CT molecular complexity index is 1060. The smallest absolute Gasteiger partial charge is 0.285 e. The number of likely N-dealkylation sites (tertiary alicyclic amines) is 1. The SMILES string of the molecule is CCC1=C(c2ccc(C)cc2)S(=O)(=O)N=C1N1CCC(C(=O)NCCCN2CCN(C)CC2)CC1. The maximum Gasteiger partial charge on any atom is 0.285 e. The van der Waals surface area contributed by atoms with E-state index >= 15 is 0 Å². The number of carbonyl (C=O) groups is 1. The minimum atomic E-state index is -3.73. The van der Waals surface area contributed by atoms with Crippen LogP contribution in [-0.2, 0) is 14.8 Å². The third kappa shape index (κ3) is 6.13. The molecule has 8 nitrogen and oxygen atoms in total. The highest BCUT2D eigenvalue weighted by Crippen LogP contribution is 2.36. The monoisotopic (exact) mass is 501 g/mol. The number of sulfonamides is 1. The summed E-state index contributed by atoms with van der Waals surface area (Å²) < 4.78 is 30.1. The van der Waals surface area contributed by atoms with Gasteiger partial charge in [0.15, 0.2) is 0 Å². The van der Waals surface area contributed by atoms with Crippen LogP contribution in [-0.4, -0.2) is 94.3 Å². The minimum Gasteiger partial charge on any atom is -0.356 e. The molecule has 9 heteroatoms. The Morgan fingerprint density at radius 3 is 2.34 bits per heavy atom. The second-order valence-electron chi connectivity index (χ2n) is 9.97. The van der Waals surface area contributed by atoms with Crippen molar-refractivity contribution >= 4 is 26.7 Å². The number of nitrogens with zero attached hydrogens (tertiary/aromatic N) is 4. The Balaban J connectivity index is 1.30. The first kappa shape index (κ1) is 25.9. The molecule has 1 amide bonds. The lowest BCUT2D eigenvalue weighted by molar-refractivity contribution is -0.126. The molecule has 3 aliphatic heterocycles. The van der Waals surface area contributed by atoms with Gasteiger partial charge >= 0.3 is 0 Å². The number of amides is 1. The van der Waals surface area contributed by atoms with Crippen molar-refractivity contribution in [2.24, 2.45) is 10.3 Å². The van der Waals surface area contributed by atoms with E-state index in [4.69, 9.17) is 0 Å². The summed E-state index contributed by atoms with van der Waals surface area (Å²) in [6.45, 7) is 11.4. The van der Waals surface area contributed by atoms with Crippen LogP contribution in [0.1, 0.15) is 43.7 Å². The molecule has 3 heterocycles. The summed E-state index contributed by atoms with van der Waals surface area (Å²) in [5.74, 6) is 0.656. The molecule has 0 aliphatic carbocycles. The number of aryl methyl sites for hydroxylation is 1. The number of benzene rings is 1. The molecule has 0 bridgehead atoms. The maximum atomic E-state index is 13.0. The van der Waals surface area contributed by atoms with E-state index < -0.39 is 10.0 Å². The number of nitrogens with one attached hydrogen (secondary N) is 1. The van der Waals surface area contributed by atoms with Gasteiger partial charge in [0, 0.05) is 57.3 Å². The number of piperidine rings is 1. The van der Waals surface area contributed by atoms with Gasteiger partial charge in [-0.25, -0.2) is 0 Å². The van der Waals surface area contributed by atoms with Crippen LogP contribution in [0.2, 0.25) is 0 Å². The summed E-state index contributed by atoms with van der Waals surface area (Å²) in [5, 5.41) is 3.12. The summed E-state index contributed by atoms with van der Waals surface area (Å²) in [6.07, 6.45) is 2.98. The Morgan fingerprint density at radius 1 is 1.06 bits per heavy atom. The number of hydrogen-bond donors (Lipinski definition) is 1. The van der Waals surface area contributed by atoms with E-state index in [1.165, 1.54) is 0 Å². The van der Waals surface area contributed by atoms with Crippen LogP contribution in [0.15, 0.2) is 34.2 Å². The molecule has 0 radical (unpaired) electrons. The van der Waals surface area contributed by atoms with Crippen LogP contribution in [0.5, 0.6) is 0 Å². The van der Waals surface area contributed by atoms with Gasteiger partial charge in [0.25, 0.3) is 10.0 Å². The molecule has 2 fully saturated rings. The van der Waals surface area contributed by atoms with Crippen molar-refractivity contribution in [3.8, 4) is 0 Å². The van der Waals surface area contributed by atoms with Gasteiger partial charge in [-0.1, -0.05) is 36.8 Å². The Morgan fingerprint density at radius 2 is 1.71 bits per heavy atom. The van der Waals surface area contributed by atoms with E-state index in [0.29, 0.717) is 55.2 Å². The number of amidine groups is 1. The summed E-state index contributed by atoms with van der Waals surface area (Å²) in [6, 6.07) is 7.57. The molecule has 0 spiro atoms. The normalized spacial score (nSPS) is 21.9. The molecule has 2 saturated heterocycles. The topological polar surface area (TPSA) is 85.3 Å². The molecule has 0 atom stereocenters. The predicted octanol–water partition coefficient (Wildman–Crippen LogP) is 2.32. The average Bonchev–Trinajstić information content (AvgIpc) is 3.13. The third-order valence-corrected chi connectivity index (χ3v) is 8.80. The van der Waals surface area contributed by atoms with Gasteiger partial charge in [-0.05, 0) is 51.8 Å². The van der Waals surface area contributed by atoms with Crippen molar-refractivity contribution < 1.29 is 13.2 Å². The van der Waals surface area contributed by atoms with Crippen LogP contribution in [0.4, 0.5) is 0 Å². The molecule has 4 rings (SSSR count). The molecular weight excluding hydrogens is 462 g/mol. The number of piperazine rings is 1. The van der Waals surface area contributed by atoms with Crippen molar-refractivity contribution in [3.63, 3.8) is 0 Å². The highest BCUT2D eigenvalue weighted by atomic mass is 32.2. The molecule has 1 aromatic carbocycles. The summed E-state index contributed by atoms with van der Waals surface area (Å²) >= 11 is 0. The van der Waals surface area contributed by atoms with E-state index in [0.717, 1.165) is 50.3 Å². The van der Waals surface area contributed by atoms with Gasteiger partial charge in [-0.3, -0.25) is 4.79 Å². The lowest BCUT2D eigenvalue weighted by Gasteiger charge is -2.33. The number of rotatable bonds is 7. The summed E-state index contributed by atoms with van der Waals surface area (Å²) in [4.78, 5) is 19.9. The summed E-state index contributed by atoms with van der Waals surface area (Å²) in [7, 11) is -1.57. The number of likely N-dealkylation sites (N-methyl/N-ethyl adjacent to an activating group) is 1. The van der Waals surface area contributed by atoms with Crippen LogP contribution >= 0.6 is 0 Å². The second kappa shape index (κ2) is 11.2. The largest absolute Gasteiger partial charge is 0.356 e. The van der Waals surface area contributed by atoms with Gasteiger partial charge in [0.2, 0.25) is 5.91 Å². The molecule has 0 unspecified atom stereocenters. The summed E-state index contributed by atoms with van der Waals surface area (Å²) in [5.41, 5.74) is 2.56. The molecule has 0 aromatic heterocycles. The lowest BCUT2D eigenvalue weighted by atomic mass is 9.94. The third-order valence-electron chi connectivity index (χ3n) is 7.39. The molecule has 0 saturated carbocycles. The van der Waals surface area contributed by atoms with Gasteiger partial charge in [0.05, 0.1) is 0 Å². The molecule has 1 aromatic rings. The molecule has 1 N–H and O–H groups in total. The fraction of sp³-hybridized carbons (Fsp3) is 0.615. The fourth-order valence-electron chi connectivity index (χ4n) is 5.15. The quantitative estimate of drug-likeness (QED) is 0.578. The highest BCUT2D eigenvalue weighted by Gasteiger charge is 2.36. The molecular formula is C26H39N5O3S. The number of hydrogen-bond acceptors (Lipinski definition) is 6. The number of carbonyl (C=O) groups excluding carboxylic acids is 1. The van der Waals surface area contributed by atoms with Crippen LogP contribution in [0.25, 0.3) is 4.91 Å². The molecule has 3 aliphatic rings. The highest BCUT2D eigenvalue weighted by molar-refractivity contribution is 8.00. The average molecular weight is 502 g/mol. The predicted molar refractivity (Wildman–Crippen MR) is 141 cm³/mol. The zero-order chi connectivity index (χ0) is 25.0. The van der Waals surface area contributed by atoms with Crippen LogP contribution < -0.4 is 5.32 Å². The van der Waals surface area contributed by atoms with E-state index in [9.17, 15) is 13.2 Å². The molecule has 35 heavy (non-hydrogen) atoms. The lowest BCUT2D eigenvalue weighted by Crippen LogP contribution is -2.45. The zero-order valence-electron chi connectivity index (χ0n) is 21.3. The first-order valence-electron chi connectivity index (χ1n) is 12.9. The zero-order valence-corrected chi connectivity index (χ0v) is 22.1. The van der Waals surface area contributed by atoms with E-state index in [-0.39, 0.29) is 11.8 Å².